The van der Waals surface area contributed by atoms with Gasteiger partial charge in [0.25, 0.3) is 0 Å². The number of anilines is 1. The first-order valence-electron chi connectivity index (χ1n) is 5.22. The van der Waals surface area contributed by atoms with E-state index in [1.54, 1.807) is 7.11 Å². The van der Waals surface area contributed by atoms with Gasteiger partial charge in [0.1, 0.15) is 0 Å². The molecule has 16 heavy (non-hydrogen) atoms. The second kappa shape index (κ2) is 5.32. The summed E-state index contributed by atoms with van der Waals surface area (Å²) in [6.45, 7) is 1.55. The number of nitrogens with one attached hydrogen (secondary N) is 1. The molecule has 0 aliphatic carbocycles. The first-order valence-corrected chi connectivity index (χ1v) is 6.01. The van der Waals surface area contributed by atoms with E-state index < -0.39 is 0 Å². The summed E-state index contributed by atoms with van der Waals surface area (Å²) in [6.07, 6.45) is 0. The summed E-state index contributed by atoms with van der Waals surface area (Å²) in [4.78, 5) is 0. The van der Waals surface area contributed by atoms with Crippen LogP contribution in [-0.2, 0) is 4.74 Å². The molecule has 0 saturated heterocycles. The SMILES string of the molecule is COCCNc1ccc2cc(Br)ccc2c1. The number of hydrogen-bond donors (Lipinski definition) is 1. The molecule has 2 rings (SSSR count). The van der Waals surface area contributed by atoms with E-state index in [1.807, 2.05) is 0 Å². The van der Waals surface area contributed by atoms with E-state index in [4.69, 9.17) is 4.74 Å². The first kappa shape index (κ1) is 11.4. The molecule has 84 valence electrons. The number of halogens is 1. The number of methoxy groups -OCH3 is 1. The van der Waals surface area contributed by atoms with Crippen LogP contribution in [0.3, 0.4) is 0 Å². The number of ether oxygens (including phenoxy) is 1. The van der Waals surface area contributed by atoms with Gasteiger partial charge in [-0.25, -0.2) is 0 Å². The van der Waals surface area contributed by atoms with Gasteiger partial charge < -0.3 is 10.1 Å². The van der Waals surface area contributed by atoms with Crippen molar-refractivity contribution < 1.29 is 4.74 Å². The number of benzene rings is 2. The lowest BCUT2D eigenvalue weighted by Gasteiger charge is -2.07. The predicted molar refractivity (Wildman–Crippen MR) is 72.0 cm³/mol. The lowest BCUT2D eigenvalue weighted by molar-refractivity contribution is 0.211. The second-order valence-electron chi connectivity index (χ2n) is 3.63. The minimum Gasteiger partial charge on any atom is -0.383 e. The van der Waals surface area contributed by atoms with Gasteiger partial charge in [-0.3, -0.25) is 0 Å². The van der Waals surface area contributed by atoms with Crippen molar-refractivity contribution in [3.63, 3.8) is 0 Å². The minimum absolute atomic E-state index is 0.721. The van der Waals surface area contributed by atoms with Gasteiger partial charge in [0.2, 0.25) is 0 Å². The van der Waals surface area contributed by atoms with Crippen LogP contribution in [0.15, 0.2) is 40.9 Å². The third-order valence-electron chi connectivity index (χ3n) is 2.44. The van der Waals surface area contributed by atoms with E-state index in [2.05, 4.69) is 57.6 Å². The smallest absolute Gasteiger partial charge is 0.0635 e. The summed E-state index contributed by atoms with van der Waals surface area (Å²) in [5.41, 5.74) is 1.13. The lowest BCUT2D eigenvalue weighted by Crippen LogP contribution is -2.07. The Hall–Kier alpha value is -1.06. The maximum absolute atomic E-state index is 5.00. The molecule has 0 aliphatic rings. The quantitative estimate of drug-likeness (QED) is 0.863. The Morgan fingerprint density at radius 2 is 1.88 bits per heavy atom. The van der Waals surface area contributed by atoms with Crippen LogP contribution in [0.5, 0.6) is 0 Å². The molecule has 3 heteroatoms. The average Bonchev–Trinajstić information content (AvgIpc) is 2.29. The van der Waals surface area contributed by atoms with Gasteiger partial charge >= 0.3 is 0 Å². The maximum atomic E-state index is 5.00. The molecule has 0 aliphatic heterocycles. The second-order valence-corrected chi connectivity index (χ2v) is 4.54. The highest BCUT2D eigenvalue weighted by atomic mass is 79.9. The third-order valence-corrected chi connectivity index (χ3v) is 2.93. The number of rotatable bonds is 4. The molecule has 0 amide bonds. The Kier molecular flexibility index (Phi) is 3.80. The molecule has 1 N–H and O–H groups in total. The summed E-state index contributed by atoms with van der Waals surface area (Å²) in [5, 5.41) is 5.80. The van der Waals surface area contributed by atoms with E-state index in [0.29, 0.717) is 0 Å². The van der Waals surface area contributed by atoms with Crippen molar-refractivity contribution in [1.82, 2.24) is 0 Å². The van der Waals surface area contributed by atoms with E-state index in [0.717, 1.165) is 23.3 Å². The standard InChI is InChI=1S/C13H14BrNO/c1-16-7-6-15-13-5-3-10-8-12(14)4-2-11(10)9-13/h2-5,8-9,15H,6-7H2,1H3. The van der Waals surface area contributed by atoms with Crippen LogP contribution in [0.1, 0.15) is 0 Å². The largest absolute Gasteiger partial charge is 0.383 e. The van der Waals surface area contributed by atoms with Crippen LogP contribution in [0.4, 0.5) is 5.69 Å². The average molecular weight is 280 g/mol. The summed E-state index contributed by atoms with van der Waals surface area (Å²) < 4.78 is 6.11. The normalized spacial score (nSPS) is 10.6. The molecule has 2 aromatic rings. The Morgan fingerprint density at radius 1 is 1.12 bits per heavy atom. The van der Waals surface area contributed by atoms with E-state index in [9.17, 15) is 0 Å². The van der Waals surface area contributed by atoms with Crippen LogP contribution < -0.4 is 5.32 Å². The molecule has 0 aromatic heterocycles. The van der Waals surface area contributed by atoms with Crippen molar-refractivity contribution >= 4 is 32.4 Å². The van der Waals surface area contributed by atoms with Crippen LogP contribution in [-0.4, -0.2) is 20.3 Å². The number of fused-ring (bicyclic) bond motifs is 1. The van der Waals surface area contributed by atoms with Gasteiger partial charge in [-0.15, -0.1) is 0 Å². The van der Waals surface area contributed by atoms with Crippen molar-refractivity contribution in [2.45, 2.75) is 0 Å². The van der Waals surface area contributed by atoms with Gasteiger partial charge in [0, 0.05) is 23.8 Å². The van der Waals surface area contributed by atoms with E-state index in [-0.39, 0.29) is 0 Å². The molecular formula is C13H14BrNO. The fourth-order valence-corrected chi connectivity index (χ4v) is 2.00. The molecule has 0 bridgehead atoms. The topological polar surface area (TPSA) is 21.3 Å². The van der Waals surface area contributed by atoms with Gasteiger partial charge in [-0.2, -0.15) is 0 Å². The fourth-order valence-electron chi connectivity index (χ4n) is 1.62. The molecule has 2 aromatic carbocycles. The fraction of sp³-hybridized carbons (Fsp3) is 0.231. The highest BCUT2D eigenvalue weighted by molar-refractivity contribution is 9.10. The minimum atomic E-state index is 0.721. The first-order chi connectivity index (χ1) is 7.79. The molecular weight excluding hydrogens is 266 g/mol. The Morgan fingerprint density at radius 3 is 2.69 bits per heavy atom. The van der Waals surface area contributed by atoms with E-state index in [1.165, 1.54) is 10.8 Å². The van der Waals surface area contributed by atoms with Crippen molar-refractivity contribution in [3.8, 4) is 0 Å². The monoisotopic (exact) mass is 279 g/mol. The Bertz CT molecular complexity index is 484. The molecule has 0 unspecified atom stereocenters. The Labute approximate surface area is 104 Å². The summed E-state index contributed by atoms with van der Waals surface area (Å²) in [6, 6.07) is 12.6. The molecule has 0 spiro atoms. The summed E-state index contributed by atoms with van der Waals surface area (Å²) in [7, 11) is 1.71. The number of hydrogen-bond acceptors (Lipinski definition) is 2. The molecule has 2 nitrogen and oxygen atoms in total. The molecule has 0 heterocycles. The van der Waals surface area contributed by atoms with E-state index >= 15 is 0 Å². The van der Waals surface area contributed by atoms with Crippen molar-refractivity contribution in [2.75, 3.05) is 25.6 Å². The van der Waals surface area contributed by atoms with Gasteiger partial charge in [0.05, 0.1) is 6.61 Å². The molecule has 0 saturated carbocycles. The van der Waals surface area contributed by atoms with Crippen LogP contribution in [0.2, 0.25) is 0 Å². The van der Waals surface area contributed by atoms with Crippen molar-refractivity contribution in [1.29, 1.82) is 0 Å². The van der Waals surface area contributed by atoms with Crippen LogP contribution in [0, 0.1) is 0 Å². The zero-order valence-corrected chi connectivity index (χ0v) is 10.8. The van der Waals surface area contributed by atoms with Crippen LogP contribution >= 0.6 is 15.9 Å². The van der Waals surface area contributed by atoms with Gasteiger partial charge in [-0.05, 0) is 35.0 Å². The zero-order valence-electron chi connectivity index (χ0n) is 9.16. The van der Waals surface area contributed by atoms with Crippen molar-refractivity contribution in [3.05, 3.63) is 40.9 Å². The zero-order chi connectivity index (χ0) is 11.4. The molecule has 0 atom stereocenters. The molecule has 0 radical (unpaired) electrons. The van der Waals surface area contributed by atoms with Gasteiger partial charge in [-0.1, -0.05) is 28.1 Å². The Balaban J connectivity index is 2.20. The summed E-state index contributed by atoms with van der Waals surface area (Å²) in [5.74, 6) is 0. The predicted octanol–water partition coefficient (Wildman–Crippen LogP) is 3.66. The molecule has 0 fully saturated rings. The highest BCUT2D eigenvalue weighted by Crippen LogP contribution is 2.22. The highest BCUT2D eigenvalue weighted by Gasteiger charge is 1.96. The van der Waals surface area contributed by atoms with Crippen molar-refractivity contribution in [2.24, 2.45) is 0 Å². The van der Waals surface area contributed by atoms with Gasteiger partial charge in [0.15, 0.2) is 0 Å². The lowest BCUT2D eigenvalue weighted by atomic mass is 10.1. The maximum Gasteiger partial charge on any atom is 0.0635 e. The van der Waals surface area contributed by atoms with Crippen LogP contribution in [0.25, 0.3) is 10.8 Å². The third kappa shape index (κ3) is 2.74. The summed E-state index contributed by atoms with van der Waals surface area (Å²) >= 11 is 3.47.